The van der Waals surface area contributed by atoms with Crippen molar-refractivity contribution >= 4 is 10.0 Å². The molecule has 1 aliphatic rings. The Labute approximate surface area is 118 Å². The molecule has 1 atom stereocenters. The second-order valence-corrected chi connectivity index (χ2v) is 6.43. The molecule has 2 aromatic rings. The van der Waals surface area contributed by atoms with Crippen LogP contribution in [0.2, 0.25) is 0 Å². The fourth-order valence-electron chi connectivity index (χ4n) is 2.31. The Morgan fingerprint density at radius 1 is 1.15 bits per heavy atom. The lowest BCUT2D eigenvalue weighted by atomic mass is 10.2. The summed E-state index contributed by atoms with van der Waals surface area (Å²) in [6.07, 6.45) is 1.33. The first-order valence-corrected chi connectivity index (χ1v) is 7.94. The third kappa shape index (κ3) is 2.37. The van der Waals surface area contributed by atoms with Gasteiger partial charge in [-0.15, -0.1) is 0 Å². The van der Waals surface area contributed by atoms with E-state index in [9.17, 15) is 8.42 Å². The van der Waals surface area contributed by atoms with E-state index in [1.54, 1.807) is 48.7 Å². The molecule has 6 heteroatoms. The van der Waals surface area contributed by atoms with Crippen LogP contribution in [0.5, 0.6) is 0 Å². The van der Waals surface area contributed by atoms with E-state index in [2.05, 4.69) is 5.32 Å². The maximum absolute atomic E-state index is 12.6. The highest BCUT2D eigenvalue weighted by Gasteiger charge is 2.25. The molecule has 1 unspecified atom stereocenters. The molecule has 1 N–H and O–H groups in total. The number of aromatic nitrogens is 1. The molecule has 0 radical (unpaired) electrons. The van der Waals surface area contributed by atoms with Crippen LogP contribution in [0.15, 0.2) is 53.6 Å². The summed E-state index contributed by atoms with van der Waals surface area (Å²) in [5.74, 6) is 0. The van der Waals surface area contributed by atoms with E-state index in [0.29, 0.717) is 18.8 Å². The Morgan fingerprint density at radius 3 is 2.65 bits per heavy atom. The van der Waals surface area contributed by atoms with Gasteiger partial charge in [-0.25, -0.2) is 12.4 Å². The molecule has 1 aromatic carbocycles. The number of nitrogens with one attached hydrogen (secondary N) is 1. The average Bonchev–Trinajstić information content (AvgIpc) is 2.99. The average molecular weight is 292 g/mol. The number of nitrogens with zero attached hydrogens (tertiary/aromatic N) is 1. The van der Waals surface area contributed by atoms with Crippen molar-refractivity contribution in [1.82, 2.24) is 9.29 Å². The van der Waals surface area contributed by atoms with Gasteiger partial charge in [-0.2, -0.15) is 0 Å². The van der Waals surface area contributed by atoms with Crippen molar-refractivity contribution in [2.45, 2.75) is 11.0 Å². The van der Waals surface area contributed by atoms with E-state index in [1.165, 1.54) is 3.97 Å². The first kappa shape index (κ1) is 13.4. The number of rotatable bonds is 3. The van der Waals surface area contributed by atoms with Crippen LogP contribution in [-0.2, 0) is 14.8 Å². The summed E-state index contributed by atoms with van der Waals surface area (Å²) < 4.78 is 32.2. The lowest BCUT2D eigenvalue weighted by Gasteiger charge is -2.24. The second-order valence-electron chi connectivity index (χ2n) is 4.61. The smallest absolute Gasteiger partial charge is 0.267 e. The maximum Gasteiger partial charge on any atom is 0.267 e. The molecular formula is C14H16N2O3S. The largest absolute Gasteiger partial charge is 0.369 e. The van der Waals surface area contributed by atoms with Crippen LogP contribution in [0.25, 0.3) is 0 Å². The Hall–Kier alpha value is -1.63. The van der Waals surface area contributed by atoms with Crippen molar-refractivity contribution in [2.75, 3.05) is 19.7 Å². The number of morpholine rings is 1. The van der Waals surface area contributed by atoms with Crippen LogP contribution < -0.4 is 5.32 Å². The minimum atomic E-state index is -3.57. The third-order valence-electron chi connectivity index (χ3n) is 3.30. The number of hydrogen-bond acceptors (Lipinski definition) is 4. The normalized spacial score (nSPS) is 19.9. The van der Waals surface area contributed by atoms with Gasteiger partial charge in [-0.05, 0) is 24.3 Å². The standard InChI is InChI=1S/C14H16N2O3S/c17-20(18,12-5-2-1-3-6-12)16-9-4-7-13(16)14-11-15-8-10-19-14/h1-7,9,14-15H,8,10-11H2. The molecule has 1 saturated heterocycles. The zero-order valence-corrected chi connectivity index (χ0v) is 11.7. The predicted octanol–water partition coefficient (Wildman–Crippen LogP) is 1.39. The molecule has 1 aliphatic heterocycles. The van der Waals surface area contributed by atoms with E-state index in [4.69, 9.17) is 4.74 Å². The molecule has 0 spiro atoms. The van der Waals surface area contributed by atoms with Gasteiger partial charge < -0.3 is 10.1 Å². The highest BCUT2D eigenvalue weighted by atomic mass is 32.2. The van der Waals surface area contributed by atoms with Crippen molar-refractivity contribution in [2.24, 2.45) is 0 Å². The van der Waals surface area contributed by atoms with Crippen LogP contribution in [0.4, 0.5) is 0 Å². The molecule has 0 amide bonds. The molecular weight excluding hydrogens is 276 g/mol. The SMILES string of the molecule is O=S(=O)(c1ccccc1)n1cccc1C1CNCCO1. The van der Waals surface area contributed by atoms with Gasteiger partial charge in [0, 0.05) is 19.3 Å². The second kappa shape index (κ2) is 5.40. The van der Waals surface area contributed by atoms with Crippen molar-refractivity contribution < 1.29 is 13.2 Å². The van der Waals surface area contributed by atoms with E-state index < -0.39 is 10.0 Å². The quantitative estimate of drug-likeness (QED) is 0.928. The first-order chi connectivity index (χ1) is 9.69. The lowest BCUT2D eigenvalue weighted by Crippen LogP contribution is -2.35. The summed E-state index contributed by atoms with van der Waals surface area (Å²) >= 11 is 0. The van der Waals surface area contributed by atoms with E-state index >= 15 is 0 Å². The third-order valence-corrected chi connectivity index (χ3v) is 5.02. The zero-order chi connectivity index (χ0) is 14.0. The van der Waals surface area contributed by atoms with Crippen LogP contribution in [0.1, 0.15) is 11.8 Å². The van der Waals surface area contributed by atoms with Gasteiger partial charge >= 0.3 is 0 Å². The van der Waals surface area contributed by atoms with Crippen molar-refractivity contribution in [3.63, 3.8) is 0 Å². The molecule has 1 fully saturated rings. The van der Waals surface area contributed by atoms with Gasteiger partial charge in [0.15, 0.2) is 0 Å². The molecule has 5 nitrogen and oxygen atoms in total. The van der Waals surface area contributed by atoms with Gasteiger partial charge in [-0.3, -0.25) is 0 Å². The van der Waals surface area contributed by atoms with Gasteiger partial charge in [0.05, 0.1) is 17.2 Å². The fourth-order valence-corrected chi connectivity index (χ4v) is 3.72. The van der Waals surface area contributed by atoms with Gasteiger partial charge in [0.1, 0.15) is 6.10 Å². The number of benzene rings is 1. The summed E-state index contributed by atoms with van der Waals surface area (Å²) in [4.78, 5) is 0.279. The maximum atomic E-state index is 12.6. The van der Waals surface area contributed by atoms with Gasteiger partial charge in [0.25, 0.3) is 10.0 Å². The van der Waals surface area contributed by atoms with Gasteiger partial charge in [0.2, 0.25) is 0 Å². The molecule has 0 aliphatic carbocycles. The van der Waals surface area contributed by atoms with Crippen molar-refractivity contribution in [3.05, 3.63) is 54.4 Å². The molecule has 3 rings (SSSR count). The van der Waals surface area contributed by atoms with Crippen molar-refractivity contribution in [3.8, 4) is 0 Å². The zero-order valence-electron chi connectivity index (χ0n) is 10.9. The Bertz CT molecular complexity index is 673. The summed E-state index contributed by atoms with van der Waals surface area (Å²) in [6, 6.07) is 11.9. The molecule has 106 valence electrons. The molecule has 0 bridgehead atoms. The summed E-state index contributed by atoms with van der Waals surface area (Å²) in [7, 11) is -3.57. The fraction of sp³-hybridized carbons (Fsp3) is 0.286. The van der Waals surface area contributed by atoms with E-state index in [-0.39, 0.29) is 11.0 Å². The molecule has 0 saturated carbocycles. The topological polar surface area (TPSA) is 60.3 Å². The van der Waals surface area contributed by atoms with E-state index in [0.717, 1.165) is 6.54 Å². The highest BCUT2D eigenvalue weighted by Crippen LogP contribution is 2.24. The van der Waals surface area contributed by atoms with Gasteiger partial charge in [-0.1, -0.05) is 18.2 Å². The van der Waals surface area contributed by atoms with Crippen LogP contribution in [0, 0.1) is 0 Å². The minimum absolute atomic E-state index is 0.239. The van der Waals surface area contributed by atoms with E-state index in [1.807, 2.05) is 0 Å². The molecule has 1 aromatic heterocycles. The Kier molecular flexibility index (Phi) is 3.60. The Morgan fingerprint density at radius 2 is 1.95 bits per heavy atom. The number of ether oxygens (including phenoxy) is 1. The Balaban J connectivity index is 2.01. The van der Waals surface area contributed by atoms with Crippen LogP contribution in [-0.4, -0.2) is 32.1 Å². The first-order valence-electron chi connectivity index (χ1n) is 6.50. The molecule has 2 heterocycles. The predicted molar refractivity (Wildman–Crippen MR) is 75.0 cm³/mol. The van der Waals surface area contributed by atoms with Crippen LogP contribution >= 0.6 is 0 Å². The lowest BCUT2D eigenvalue weighted by molar-refractivity contribution is 0.0246. The van der Waals surface area contributed by atoms with Crippen LogP contribution in [0.3, 0.4) is 0 Å². The van der Waals surface area contributed by atoms with Crippen molar-refractivity contribution in [1.29, 1.82) is 0 Å². The summed E-state index contributed by atoms with van der Waals surface area (Å²) in [6.45, 7) is 2.00. The minimum Gasteiger partial charge on any atom is -0.369 e. The number of hydrogen-bond donors (Lipinski definition) is 1. The molecule has 20 heavy (non-hydrogen) atoms. The highest BCUT2D eigenvalue weighted by molar-refractivity contribution is 7.90. The summed E-state index contributed by atoms with van der Waals surface area (Å²) in [5.41, 5.74) is 0.654. The monoisotopic (exact) mass is 292 g/mol. The summed E-state index contributed by atoms with van der Waals surface area (Å²) in [5, 5.41) is 3.21.